The molecule has 2 aliphatic rings. The number of alkyl halides is 2. The molecular formula is C18H22F3N5O2. The van der Waals surface area contributed by atoms with Crippen molar-refractivity contribution in [1.29, 1.82) is 0 Å². The molecule has 0 spiro atoms. The standard InChI is InChI=1S/C18H22F3N5O2/c1-7-14-10(17(27)24-18(28)26(14)9-2-3-9)13(23)11(19)15(7)25-5-4-8(6-25)12(22)16(20)21/h8-9,12,16H,2-6,22-23H2,1H3,(H,24,27,28). The van der Waals surface area contributed by atoms with E-state index < -0.39 is 35.5 Å². The molecule has 2 aromatic rings. The molecule has 2 fully saturated rings. The van der Waals surface area contributed by atoms with Gasteiger partial charge in [0.05, 0.1) is 28.3 Å². The van der Waals surface area contributed by atoms with Crippen LogP contribution in [0, 0.1) is 18.7 Å². The highest BCUT2D eigenvalue weighted by Crippen LogP contribution is 2.41. The van der Waals surface area contributed by atoms with Crippen molar-refractivity contribution >= 4 is 22.3 Å². The molecule has 1 saturated heterocycles. The van der Waals surface area contributed by atoms with Gasteiger partial charge in [0.1, 0.15) is 0 Å². The van der Waals surface area contributed by atoms with Crippen molar-refractivity contribution in [1.82, 2.24) is 9.55 Å². The summed E-state index contributed by atoms with van der Waals surface area (Å²) in [4.78, 5) is 28.6. The van der Waals surface area contributed by atoms with Gasteiger partial charge in [-0.25, -0.2) is 18.0 Å². The quantitative estimate of drug-likeness (QED) is 0.677. The highest BCUT2D eigenvalue weighted by Gasteiger charge is 2.36. The Morgan fingerprint density at radius 2 is 1.89 bits per heavy atom. The van der Waals surface area contributed by atoms with E-state index in [1.54, 1.807) is 11.8 Å². The number of hydrogen-bond acceptors (Lipinski definition) is 5. The number of nitrogens with one attached hydrogen (secondary N) is 1. The number of H-pyrrole nitrogens is 1. The van der Waals surface area contributed by atoms with Gasteiger partial charge in [0.25, 0.3) is 12.0 Å². The Morgan fingerprint density at radius 3 is 2.50 bits per heavy atom. The zero-order valence-electron chi connectivity index (χ0n) is 15.3. The number of nitrogens with two attached hydrogens (primary N) is 2. The van der Waals surface area contributed by atoms with Crippen molar-refractivity contribution in [3.8, 4) is 0 Å². The van der Waals surface area contributed by atoms with Crippen molar-refractivity contribution in [2.24, 2.45) is 11.7 Å². The van der Waals surface area contributed by atoms with Gasteiger partial charge in [-0.1, -0.05) is 0 Å². The summed E-state index contributed by atoms with van der Waals surface area (Å²) in [6, 6.07) is -1.36. The van der Waals surface area contributed by atoms with Crippen molar-refractivity contribution in [3.63, 3.8) is 0 Å². The summed E-state index contributed by atoms with van der Waals surface area (Å²) in [5.41, 5.74) is 10.8. The minimum absolute atomic E-state index is 0.0507. The van der Waals surface area contributed by atoms with E-state index >= 15 is 4.39 Å². The number of fused-ring (bicyclic) bond motifs is 1. The lowest BCUT2D eigenvalue weighted by Gasteiger charge is -2.26. The summed E-state index contributed by atoms with van der Waals surface area (Å²) in [7, 11) is 0. The second kappa shape index (κ2) is 6.54. The number of aryl methyl sites for hydroxylation is 1. The average molecular weight is 397 g/mol. The van der Waals surface area contributed by atoms with Gasteiger partial charge < -0.3 is 16.4 Å². The Kier molecular flexibility index (Phi) is 4.40. The van der Waals surface area contributed by atoms with E-state index in [0.29, 0.717) is 24.0 Å². The third kappa shape index (κ3) is 2.78. The van der Waals surface area contributed by atoms with Crippen LogP contribution in [0.15, 0.2) is 9.59 Å². The SMILES string of the molecule is Cc1c(N2CCC(C(N)C(F)F)C2)c(F)c(N)c2c(=O)[nH]c(=O)n(C3CC3)c12. The van der Waals surface area contributed by atoms with Crippen LogP contribution in [-0.4, -0.2) is 35.1 Å². The van der Waals surface area contributed by atoms with Gasteiger partial charge in [0.15, 0.2) is 5.82 Å². The molecule has 152 valence electrons. The number of rotatable bonds is 4. The molecule has 1 saturated carbocycles. The minimum Gasteiger partial charge on any atom is -0.396 e. The summed E-state index contributed by atoms with van der Waals surface area (Å²) in [5.74, 6) is -1.26. The monoisotopic (exact) mass is 397 g/mol. The fourth-order valence-corrected chi connectivity index (χ4v) is 4.25. The van der Waals surface area contributed by atoms with Gasteiger partial charge in [0, 0.05) is 24.7 Å². The van der Waals surface area contributed by atoms with Crippen LogP contribution in [0.3, 0.4) is 0 Å². The molecule has 2 atom stereocenters. The molecule has 7 nitrogen and oxygen atoms in total. The highest BCUT2D eigenvalue weighted by atomic mass is 19.3. The Morgan fingerprint density at radius 1 is 1.21 bits per heavy atom. The molecule has 0 amide bonds. The van der Waals surface area contributed by atoms with E-state index in [0.717, 1.165) is 12.8 Å². The predicted molar refractivity (Wildman–Crippen MR) is 101 cm³/mol. The molecule has 1 aliphatic carbocycles. The van der Waals surface area contributed by atoms with Gasteiger partial charge in [-0.3, -0.25) is 14.3 Å². The van der Waals surface area contributed by atoms with Crippen molar-refractivity contribution in [2.45, 2.75) is 44.7 Å². The zero-order chi connectivity index (χ0) is 20.3. The lowest BCUT2D eigenvalue weighted by Crippen LogP contribution is -2.38. The lowest BCUT2D eigenvalue weighted by atomic mass is 10.0. The molecule has 1 aromatic heterocycles. The predicted octanol–water partition coefficient (Wildman–Crippen LogP) is 1.47. The third-order valence-corrected chi connectivity index (χ3v) is 5.86. The molecule has 2 unspecified atom stereocenters. The topological polar surface area (TPSA) is 110 Å². The fraction of sp³-hybridized carbons (Fsp3) is 0.556. The molecule has 28 heavy (non-hydrogen) atoms. The minimum atomic E-state index is -2.66. The molecule has 1 aromatic carbocycles. The summed E-state index contributed by atoms with van der Waals surface area (Å²) in [5, 5.41) is -0.0507. The van der Waals surface area contributed by atoms with Crippen molar-refractivity contribution < 1.29 is 13.2 Å². The first-order valence-corrected chi connectivity index (χ1v) is 9.27. The normalized spacial score (nSPS) is 21.1. The van der Waals surface area contributed by atoms with Crippen LogP contribution >= 0.6 is 0 Å². The van der Waals surface area contributed by atoms with Gasteiger partial charge in [-0.05, 0) is 32.1 Å². The summed E-state index contributed by atoms with van der Waals surface area (Å²) >= 11 is 0. The molecule has 2 heterocycles. The van der Waals surface area contributed by atoms with Crippen LogP contribution in [-0.2, 0) is 0 Å². The Bertz CT molecular complexity index is 1060. The number of halogens is 3. The van der Waals surface area contributed by atoms with E-state index in [1.807, 2.05) is 0 Å². The maximum atomic E-state index is 15.2. The Balaban J connectivity index is 1.90. The average Bonchev–Trinajstić information content (AvgIpc) is 3.35. The number of aromatic nitrogens is 2. The number of nitrogen functional groups attached to an aromatic ring is 1. The molecule has 0 bridgehead atoms. The van der Waals surface area contributed by atoms with Crippen LogP contribution in [0.1, 0.15) is 30.9 Å². The summed E-state index contributed by atoms with van der Waals surface area (Å²) in [6.45, 7) is 2.12. The van der Waals surface area contributed by atoms with Crippen LogP contribution in [0.5, 0.6) is 0 Å². The fourth-order valence-electron chi connectivity index (χ4n) is 4.25. The maximum Gasteiger partial charge on any atom is 0.329 e. The second-order valence-electron chi connectivity index (χ2n) is 7.69. The number of hydrogen-bond donors (Lipinski definition) is 3. The molecule has 0 radical (unpaired) electrons. The first kappa shape index (κ1) is 18.9. The van der Waals surface area contributed by atoms with E-state index in [9.17, 15) is 18.4 Å². The zero-order valence-corrected chi connectivity index (χ0v) is 15.3. The molecule has 4 rings (SSSR count). The van der Waals surface area contributed by atoms with Crippen molar-refractivity contribution in [3.05, 3.63) is 32.2 Å². The van der Waals surface area contributed by atoms with E-state index in [2.05, 4.69) is 4.98 Å². The third-order valence-electron chi connectivity index (χ3n) is 5.86. The molecule has 10 heteroatoms. The van der Waals surface area contributed by atoms with Crippen molar-refractivity contribution in [2.75, 3.05) is 23.7 Å². The van der Waals surface area contributed by atoms with E-state index in [4.69, 9.17) is 11.5 Å². The molecular weight excluding hydrogens is 375 g/mol. The number of anilines is 2. The smallest absolute Gasteiger partial charge is 0.329 e. The molecule has 5 N–H and O–H groups in total. The van der Waals surface area contributed by atoms with Crippen LogP contribution in [0.25, 0.3) is 10.9 Å². The van der Waals surface area contributed by atoms with Gasteiger partial charge in [-0.2, -0.15) is 0 Å². The first-order chi connectivity index (χ1) is 13.2. The van der Waals surface area contributed by atoms with Crippen LogP contribution < -0.4 is 27.6 Å². The maximum absolute atomic E-state index is 15.2. The number of nitrogens with zero attached hydrogens (tertiary/aromatic N) is 2. The van der Waals surface area contributed by atoms with E-state index in [1.165, 1.54) is 4.57 Å². The highest BCUT2D eigenvalue weighted by molar-refractivity contribution is 5.97. The van der Waals surface area contributed by atoms with E-state index in [-0.39, 0.29) is 29.3 Å². The molecule has 1 aliphatic heterocycles. The van der Waals surface area contributed by atoms with Crippen LogP contribution in [0.4, 0.5) is 24.5 Å². The first-order valence-electron chi connectivity index (χ1n) is 9.27. The van der Waals surface area contributed by atoms with Crippen LogP contribution in [0.2, 0.25) is 0 Å². The van der Waals surface area contributed by atoms with Gasteiger partial charge >= 0.3 is 5.69 Å². The number of benzene rings is 1. The largest absolute Gasteiger partial charge is 0.396 e. The second-order valence-corrected chi connectivity index (χ2v) is 7.69. The van der Waals surface area contributed by atoms with Gasteiger partial charge in [0.2, 0.25) is 0 Å². The summed E-state index contributed by atoms with van der Waals surface area (Å²) in [6.07, 6.45) is -0.701. The lowest BCUT2D eigenvalue weighted by molar-refractivity contribution is 0.0929. The van der Waals surface area contributed by atoms with Gasteiger partial charge in [-0.15, -0.1) is 0 Å². The Labute approximate surface area is 158 Å². The number of aromatic amines is 1. The Hall–Kier alpha value is -2.49. The summed E-state index contributed by atoms with van der Waals surface area (Å²) < 4.78 is 42.6.